The zero-order valence-electron chi connectivity index (χ0n) is 27.9. The molecular weight excluding hydrogens is 626 g/mol. The minimum absolute atomic E-state index is 0.139. The van der Waals surface area contributed by atoms with Crippen molar-refractivity contribution < 1.29 is 48.8 Å². The summed E-state index contributed by atoms with van der Waals surface area (Å²) in [5, 5.41) is 41.9. The Labute approximate surface area is 278 Å². The molecule has 4 bridgehead atoms. The molecular formula is C33H45N5O10. The van der Waals surface area contributed by atoms with Gasteiger partial charge in [0, 0.05) is 25.8 Å². The highest BCUT2D eigenvalue weighted by molar-refractivity contribution is 5.94. The molecule has 15 nitrogen and oxygen atoms in total. The Balaban J connectivity index is 2.05. The third kappa shape index (κ3) is 11.6. The van der Waals surface area contributed by atoms with Crippen LogP contribution in [0.5, 0.6) is 11.5 Å². The van der Waals surface area contributed by atoms with Crippen molar-refractivity contribution in [1.82, 2.24) is 21.3 Å². The molecule has 2 aromatic carbocycles. The number of phenols is 2. The number of rotatable bonds is 6. The van der Waals surface area contributed by atoms with Crippen LogP contribution in [-0.4, -0.2) is 87.2 Å². The second kappa shape index (κ2) is 15.2. The number of carbonyl (C=O) groups is 5. The number of benzene rings is 2. The number of ether oxygens (including phenoxy) is 2. The molecule has 0 saturated heterocycles. The fourth-order valence-corrected chi connectivity index (χ4v) is 4.87. The highest BCUT2D eigenvalue weighted by Gasteiger charge is 2.33. The van der Waals surface area contributed by atoms with E-state index in [1.165, 1.54) is 18.2 Å². The number of aliphatic hydroxyl groups excluding tert-OH is 1. The van der Waals surface area contributed by atoms with Gasteiger partial charge in [0.05, 0.1) is 6.10 Å². The van der Waals surface area contributed by atoms with Crippen LogP contribution in [0.15, 0.2) is 36.4 Å². The zero-order valence-corrected chi connectivity index (χ0v) is 27.9. The summed E-state index contributed by atoms with van der Waals surface area (Å²) in [6.07, 6.45) is -4.02. The van der Waals surface area contributed by atoms with Gasteiger partial charge >= 0.3 is 12.2 Å². The molecule has 1 aliphatic heterocycles. The largest absolute Gasteiger partial charge is 0.508 e. The van der Waals surface area contributed by atoms with Gasteiger partial charge in [0.2, 0.25) is 17.7 Å². The van der Waals surface area contributed by atoms with E-state index in [-0.39, 0.29) is 36.4 Å². The van der Waals surface area contributed by atoms with Gasteiger partial charge in [0.1, 0.15) is 40.8 Å². The average Bonchev–Trinajstić information content (AvgIpc) is 2.93. The number of amides is 5. The molecule has 4 atom stereocenters. The number of primary amides is 1. The van der Waals surface area contributed by atoms with E-state index in [2.05, 4.69) is 21.3 Å². The van der Waals surface area contributed by atoms with Crippen molar-refractivity contribution in [2.75, 3.05) is 6.54 Å². The van der Waals surface area contributed by atoms with E-state index in [9.17, 15) is 39.3 Å². The number of nitrogens with one attached hydrogen (secondary N) is 4. The second-order valence-corrected chi connectivity index (χ2v) is 13.6. The van der Waals surface area contributed by atoms with Crippen LogP contribution < -0.4 is 27.0 Å². The van der Waals surface area contributed by atoms with Gasteiger partial charge in [0.15, 0.2) is 0 Å². The van der Waals surface area contributed by atoms with Gasteiger partial charge in [-0.15, -0.1) is 0 Å². The molecule has 0 unspecified atom stereocenters. The first-order valence-electron chi connectivity index (χ1n) is 15.4. The van der Waals surface area contributed by atoms with Crippen LogP contribution in [0.4, 0.5) is 9.59 Å². The Bertz CT molecular complexity index is 1530. The molecule has 262 valence electrons. The monoisotopic (exact) mass is 671 g/mol. The van der Waals surface area contributed by atoms with Crippen molar-refractivity contribution in [3.8, 4) is 22.6 Å². The summed E-state index contributed by atoms with van der Waals surface area (Å²) in [5.41, 5.74) is 5.60. The number of hydrogen-bond donors (Lipinski definition) is 8. The summed E-state index contributed by atoms with van der Waals surface area (Å²) in [6.45, 7) is 9.50. The van der Waals surface area contributed by atoms with E-state index in [1.807, 2.05) is 0 Å². The van der Waals surface area contributed by atoms with Gasteiger partial charge in [-0.05, 0) is 88.1 Å². The first kappa shape index (κ1) is 37.4. The molecule has 3 rings (SSSR count). The predicted molar refractivity (Wildman–Crippen MR) is 174 cm³/mol. The Morgan fingerprint density at radius 3 is 2.17 bits per heavy atom. The molecule has 1 heterocycles. The van der Waals surface area contributed by atoms with Crippen LogP contribution in [0.2, 0.25) is 0 Å². The van der Waals surface area contributed by atoms with Crippen molar-refractivity contribution in [3.05, 3.63) is 47.5 Å². The molecule has 0 aliphatic carbocycles. The molecule has 1 aliphatic rings. The van der Waals surface area contributed by atoms with Crippen LogP contribution in [0.1, 0.15) is 59.1 Å². The molecule has 0 fully saturated rings. The SMILES string of the molecule is CC(C)(C)OC(=O)NC[C@H](O)C[C@@H]1NC(=O)[C@@H](NC(=O)OC(C)(C)C)Cc2cc(ccc2O)-c2cc(O)cc(c2)C[C@@H](C(N)=O)NC1=O. The fourth-order valence-electron chi connectivity index (χ4n) is 4.87. The van der Waals surface area contributed by atoms with E-state index in [0.717, 1.165) is 0 Å². The maximum Gasteiger partial charge on any atom is 0.408 e. The van der Waals surface area contributed by atoms with E-state index in [1.54, 1.807) is 59.7 Å². The first-order chi connectivity index (χ1) is 22.2. The number of carbonyl (C=O) groups excluding carboxylic acids is 5. The van der Waals surface area contributed by atoms with Crippen LogP contribution >= 0.6 is 0 Å². The van der Waals surface area contributed by atoms with Crippen molar-refractivity contribution >= 4 is 29.9 Å². The molecule has 5 amide bonds. The van der Waals surface area contributed by atoms with E-state index in [4.69, 9.17) is 15.2 Å². The van der Waals surface area contributed by atoms with Crippen molar-refractivity contribution in [2.24, 2.45) is 5.73 Å². The summed E-state index contributed by atoms with van der Waals surface area (Å²) in [5.74, 6) is -3.04. The smallest absolute Gasteiger partial charge is 0.408 e. The van der Waals surface area contributed by atoms with Gasteiger partial charge < -0.3 is 51.8 Å². The Morgan fingerprint density at radius 1 is 0.896 bits per heavy atom. The maximum atomic E-state index is 13.8. The maximum absolute atomic E-state index is 13.8. The lowest BCUT2D eigenvalue weighted by Gasteiger charge is -2.27. The highest BCUT2D eigenvalue weighted by Crippen LogP contribution is 2.31. The third-order valence-corrected chi connectivity index (χ3v) is 6.94. The molecule has 48 heavy (non-hydrogen) atoms. The predicted octanol–water partition coefficient (Wildman–Crippen LogP) is 1.49. The number of phenolic OH excluding ortho intramolecular Hbond substituents is 2. The number of hydrogen-bond acceptors (Lipinski definition) is 10. The minimum Gasteiger partial charge on any atom is -0.508 e. The summed E-state index contributed by atoms with van der Waals surface area (Å²) in [7, 11) is 0. The molecule has 0 radical (unpaired) electrons. The first-order valence-corrected chi connectivity index (χ1v) is 15.4. The zero-order chi connectivity index (χ0) is 36.0. The number of nitrogens with two attached hydrogens (primary N) is 1. The lowest BCUT2D eigenvalue weighted by molar-refractivity contribution is -0.132. The summed E-state index contributed by atoms with van der Waals surface area (Å²) >= 11 is 0. The summed E-state index contributed by atoms with van der Waals surface area (Å²) in [6, 6.07) is 4.85. The van der Waals surface area contributed by atoms with E-state index in [0.29, 0.717) is 16.7 Å². The average molecular weight is 672 g/mol. The van der Waals surface area contributed by atoms with Crippen LogP contribution in [0.3, 0.4) is 0 Å². The van der Waals surface area contributed by atoms with Crippen molar-refractivity contribution in [3.63, 3.8) is 0 Å². The molecule has 0 spiro atoms. The normalized spacial score (nSPS) is 19.4. The standard InChI is InChI=1S/C33H45N5O10/c1-32(2,3)47-30(45)35-16-22(40)15-25-29(44)36-23(27(34)42)11-17-9-19(13-21(39)10-17)18-7-8-26(41)20(12-18)14-24(28(43)37-25)38-31(46)48-33(4,5)6/h7-10,12-13,22-25,39-41H,11,14-16H2,1-6H3,(H2,34,42)(H,35,45)(H,36,44)(H,37,43)(H,38,46)/t22-,23+,24+,25+/m1/s1. The van der Waals surface area contributed by atoms with Crippen LogP contribution in [-0.2, 0) is 36.7 Å². The lowest BCUT2D eigenvalue weighted by atomic mass is 9.95. The number of aromatic hydroxyl groups is 2. The number of alkyl carbamates (subject to hydrolysis) is 2. The lowest BCUT2D eigenvalue weighted by Crippen LogP contribution is -2.58. The quantitative estimate of drug-likeness (QED) is 0.220. The molecule has 2 aromatic rings. The van der Waals surface area contributed by atoms with Crippen molar-refractivity contribution in [2.45, 2.75) is 96.2 Å². The van der Waals surface area contributed by atoms with Gasteiger partial charge in [-0.1, -0.05) is 12.1 Å². The van der Waals surface area contributed by atoms with Crippen molar-refractivity contribution in [1.29, 1.82) is 0 Å². The Morgan fingerprint density at radius 2 is 1.54 bits per heavy atom. The second-order valence-electron chi connectivity index (χ2n) is 13.6. The third-order valence-electron chi connectivity index (χ3n) is 6.94. The minimum atomic E-state index is -1.51. The fraction of sp³-hybridized carbons (Fsp3) is 0.485. The molecule has 15 heteroatoms. The van der Waals surface area contributed by atoms with Gasteiger partial charge in [-0.3, -0.25) is 14.4 Å². The van der Waals surface area contributed by atoms with Gasteiger partial charge in [-0.2, -0.15) is 0 Å². The number of aliphatic hydroxyl groups is 1. The summed E-state index contributed by atoms with van der Waals surface area (Å²) in [4.78, 5) is 64.9. The molecule has 9 N–H and O–H groups in total. The highest BCUT2D eigenvalue weighted by atomic mass is 16.6. The van der Waals surface area contributed by atoms with Gasteiger partial charge in [0.25, 0.3) is 0 Å². The van der Waals surface area contributed by atoms with Crippen LogP contribution in [0.25, 0.3) is 11.1 Å². The Kier molecular flexibility index (Phi) is 11.9. The van der Waals surface area contributed by atoms with E-state index < -0.39 is 71.8 Å². The topological polar surface area (TPSA) is 239 Å². The molecule has 0 aromatic heterocycles. The number of fused-ring (bicyclic) bond motifs is 5. The van der Waals surface area contributed by atoms with E-state index >= 15 is 0 Å². The Hall–Kier alpha value is -5.05. The molecule has 0 saturated carbocycles. The van der Waals surface area contributed by atoms with Gasteiger partial charge in [-0.25, -0.2) is 9.59 Å². The summed E-state index contributed by atoms with van der Waals surface area (Å²) < 4.78 is 10.5. The van der Waals surface area contributed by atoms with Crippen LogP contribution in [0, 0.1) is 0 Å².